The largest absolute Gasteiger partial charge is 0.383 e. The van der Waals surface area contributed by atoms with E-state index in [0.29, 0.717) is 23.7 Å². The van der Waals surface area contributed by atoms with Crippen molar-refractivity contribution in [1.29, 1.82) is 0 Å². The van der Waals surface area contributed by atoms with Crippen LogP contribution >= 0.6 is 11.3 Å². The number of thiophene rings is 1. The number of anilines is 2. The quantitative estimate of drug-likeness (QED) is 0.796. The molecule has 0 aromatic carbocycles. The number of rotatable bonds is 6. The number of aromatic nitrogens is 1. The number of hydrogen-bond donors (Lipinski definition) is 2. The summed E-state index contributed by atoms with van der Waals surface area (Å²) in [6.07, 6.45) is 1.63. The first-order valence-electron chi connectivity index (χ1n) is 5.83. The van der Waals surface area contributed by atoms with Crippen molar-refractivity contribution < 1.29 is 9.53 Å². The lowest BCUT2D eigenvalue weighted by Crippen LogP contribution is -2.11. The van der Waals surface area contributed by atoms with Crippen molar-refractivity contribution in [1.82, 2.24) is 4.98 Å². The van der Waals surface area contributed by atoms with Crippen molar-refractivity contribution in [2.24, 2.45) is 0 Å². The van der Waals surface area contributed by atoms with E-state index in [-0.39, 0.29) is 5.91 Å². The Morgan fingerprint density at radius 3 is 2.95 bits per heavy atom. The molecule has 100 valence electrons. The van der Waals surface area contributed by atoms with E-state index in [1.165, 1.54) is 11.3 Å². The van der Waals surface area contributed by atoms with E-state index in [1.807, 2.05) is 23.6 Å². The number of pyridine rings is 1. The number of nitrogens with zero attached hydrogens (tertiary/aromatic N) is 1. The first kappa shape index (κ1) is 13.5. The number of carbonyl (C=O) groups is 1. The van der Waals surface area contributed by atoms with E-state index in [1.54, 1.807) is 19.4 Å². The average molecular weight is 277 g/mol. The first-order chi connectivity index (χ1) is 9.29. The lowest BCUT2D eigenvalue weighted by atomic mass is 10.3. The molecule has 2 aromatic rings. The summed E-state index contributed by atoms with van der Waals surface area (Å²) in [6.45, 7) is 1.32. The number of nitrogens with one attached hydrogen (secondary N) is 2. The Morgan fingerprint density at radius 1 is 1.42 bits per heavy atom. The fourth-order valence-electron chi connectivity index (χ4n) is 1.45. The van der Waals surface area contributed by atoms with Crippen molar-refractivity contribution in [3.63, 3.8) is 0 Å². The van der Waals surface area contributed by atoms with Gasteiger partial charge in [0.15, 0.2) is 0 Å². The molecule has 0 aliphatic rings. The Labute approximate surface area is 115 Å². The van der Waals surface area contributed by atoms with E-state index < -0.39 is 0 Å². The summed E-state index contributed by atoms with van der Waals surface area (Å²) < 4.78 is 4.94. The minimum absolute atomic E-state index is 0.114. The SMILES string of the molecule is COCCNc1ccc(NC(=O)c2cccs2)cn1. The highest BCUT2D eigenvalue weighted by Crippen LogP contribution is 2.13. The predicted molar refractivity (Wildman–Crippen MR) is 76.9 cm³/mol. The molecule has 2 aromatic heterocycles. The number of carbonyl (C=O) groups excluding carboxylic acids is 1. The molecule has 2 N–H and O–H groups in total. The van der Waals surface area contributed by atoms with Gasteiger partial charge in [-0.1, -0.05) is 6.07 Å². The summed E-state index contributed by atoms with van der Waals surface area (Å²) in [7, 11) is 1.65. The summed E-state index contributed by atoms with van der Waals surface area (Å²) >= 11 is 1.41. The zero-order chi connectivity index (χ0) is 13.5. The molecular formula is C13H15N3O2S. The standard InChI is InChI=1S/C13H15N3O2S/c1-18-7-6-14-12-5-4-10(9-15-12)16-13(17)11-3-2-8-19-11/h2-5,8-9H,6-7H2,1H3,(H,14,15)(H,16,17). The molecule has 1 amide bonds. The van der Waals surface area contributed by atoms with E-state index >= 15 is 0 Å². The van der Waals surface area contributed by atoms with Gasteiger partial charge in [0.1, 0.15) is 5.82 Å². The highest BCUT2D eigenvalue weighted by Gasteiger charge is 2.06. The smallest absolute Gasteiger partial charge is 0.265 e. The molecule has 0 bridgehead atoms. The van der Waals surface area contributed by atoms with Gasteiger partial charge in [0, 0.05) is 13.7 Å². The Morgan fingerprint density at radius 2 is 2.32 bits per heavy atom. The molecule has 0 aliphatic carbocycles. The second-order valence-electron chi connectivity index (χ2n) is 3.78. The lowest BCUT2D eigenvalue weighted by molar-refractivity contribution is 0.103. The summed E-state index contributed by atoms with van der Waals surface area (Å²) in [5, 5.41) is 7.77. The number of ether oxygens (including phenoxy) is 1. The van der Waals surface area contributed by atoms with E-state index in [2.05, 4.69) is 15.6 Å². The van der Waals surface area contributed by atoms with E-state index in [9.17, 15) is 4.79 Å². The molecule has 19 heavy (non-hydrogen) atoms. The Bertz CT molecular complexity index is 511. The van der Waals surface area contributed by atoms with Crippen molar-refractivity contribution in [3.05, 3.63) is 40.7 Å². The molecule has 0 aliphatic heterocycles. The van der Waals surface area contributed by atoms with Crippen LogP contribution in [-0.4, -0.2) is 31.2 Å². The lowest BCUT2D eigenvalue weighted by Gasteiger charge is -2.06. The van der Waals surface area contributed by atoms with Crippen molar-refractivity contribution in [2.45, 2.75) is 0 Å². The monoisotopic (exact) mass is 277 g/mol. The third-order valence-electron chi connectivity index (χ3n) is 2.38. The van der Waals surface area contributed by atoms with Crippen LogP contribution in [0.1, 0.15) is 9.67 Å². The van der Waals surface area contributed by atoms with Gasteiger partial charge in [0.2, 0.25) is 0 Å². The van der Waals surface area contributed by atoms with Gasteiger partial charge in [0.25, 0.3) is 5.91 Å². The van der Waals surface area contributed by atoms with Gasteiger partial charge in [-0.25, -0.2) is 4.98 Å². The van der Waals surface area contributed by atoms with Crippen molar-refractivity contribution in [3.8, 4) is 0 Å². The molecule has 0 spiro atoms. The van der Waals surface area contributed by atoms with Crippen LogP contribution in [0.4, 0.5) is 11.5 Å². The third kappa shape index (κ3) is 4.04. The van der Waals surface area contributed by atoms with Crippen LogP contribution < -0.4 is 10.6 Å². The Hall–Kier alpha value is -1.92. The summed E-state index contributed by atoms with van der Waals surface area (Å²) in [5.74, 6) is 0.642. The summed E-state index contributed by atoms with van der Waals surface area (Å²) in [5.41, 5.74) is 0.677. The second-order valence-corrected chi connectivity index (χ2v) is 4.73. The van der Waals surface area contributed by atoms with Crippen LogP contribution in [0, 0.1) is 0 Å². The highest BCUT2D eigenvalue weighted by molar-refractivity contribution is 7.12. The fourth-order valence-corrected chi connectivity index (χ4v) is 2.07. The van der Waals surface area contributed by atoms with E-state index in [4.69, 9.17) is 4.74 Å². The zero-order valence-corrected chi connectivity index (χ0v) is 11.4. The highest BCUT2D eigenvalue weighted by atomic mass is 32.1. The Kier molecular flexibility index (Phi) is 4.88. The fraction of sp³-hybridized carbons (Fsp3) is 0.231. The van der Waals surface area contributed by atoms with Gasteiger partial charge in [0.05, 0.1) is 23.4 Å². The topological polar surface area (TPSA) is 63.2 Å². The van der Waals surface area contributed by atoms with Crippen molar-refractivity contribution in [2.75, 3.05) is 30.9 Å². The zero-order valence-electron chi connectivity index (χ0n) is 10.6. The molecule has 0 atom stereocenters. The minimum Gasteiger partial charge on any atom is -0.383 e. The van der Waals surface area contributed by atoms with Crippen LogP contribution in [0.2, 0.25) is 0 Å². The molecule has 0 saturated heterocycles. The first-order valence-corrected chi connectivity index (χ1v) is 6.71. The van der Waals surface area contributed by atoms with Crippen LogP contribution in [0.3, 0.4) is 0 Å². The van der Waals surface area contributed by atoms with Gasteiger partial charge in [-0.15, -0.1) is 11.3 Å². The van der Waals surface area contributed by atoms with Gasteiger partial charge < -0.3 is 15.4 Å². The Balaban J connectivity index is 1.90. The third-order valence-corrected chi connectivity index (χ3v) is 3.25. The minimum atomic E-state index is -0.114. The molecule has 0 fully saturated rings. The van der Waals surface area contributed by atoms with E-state index in [0.717, 1.165) is 5.82 Å². The van der Waals surface area contributed by atoms with Gasteiger partial charge in [-0.3, -0.25) is 4.79 Å². The maximum atomic E-state index is 11.8. The predicted octanol–water partition coefficient (Wildman–Crippen LogP) is 2.45. The molecule has 0 radical (unpaired) electrons. The molecule has 5 nitrogen and oxygen atoms in total. The second kappa shape index (κ2) is 6.86. The maximum Gasteiger partial charge on any atom is 0.265 e. The van der Waals surface area contributed by atoms with Gasteiger partial charge >= 0.3 is 0 Å². The maximum absolute atomic E-state index is 11.8. The van der Waals surface area contributed by atoms with Crippen LogP contribution in [0.25, 0.3) is 0 Å². The number of amides is 1. The van der Waals surface area contributed by atoms with Gasteiger partial charge in [-0.05, 0) is 23.6 Å². The van der Waals surface area contributed by atoms with Crippen LogP contribution in [-0.2, 0) is 4.74 Å². The number of hydrogen-bond acceptors (Lipinski definition) is 5. The van der Waals surface area contributed by atoms with Crippen molar-refractivity contribution >= 4 is 28.7 Å². The molecule has 0 saturated carbocycles. The average Bonchev–Trinajstić information content (AvgIpc) is 2.95. The molecule has 6 heteroatoms. The molecule has 2 rings (SSSR count). The summed E-state index contributed by atoms with van der Waals surface area (Å²) in [4.78, 5) is 16.7. The van der Waals surface area contributed by atoms with Crippen LogP contribution in [0.15, 0.2) is 35.8 Å². The molecule has 2 heterocycles. The van der Waals surface area contributed by atoms with Gasteiger partial charge in [-0.2, -0.15) is 0 Å². The molecular weight excluding hydrogens is 262 g/mol. The summed E-state index contributed by atoms with van der Waals surface area (Å²) in [6, 6.07) is 7.27. The normalized spacial score (nSPS) is 10.2. The van der Waals surface area contributed by atoms with Crippen LogP contribution in [0.5, 0.6) is 0 Å². The number of methoxy groups -OCH3 is 1. The molecule has 0 unspecified atom stereocenters.